The highest BCUT2D eigenvalue weighted by Crippen LogP contribution is 2.17. The van der Waals surface area contributed by atoms with Crippen molar-refractivity contribution >= 4 is 34.9 Å². The zero-order valence-corrected chi connectivity index (χ0v) is 8.92. The largest absolute Gasteiger partial charge is 0.318 e. The van der Waals surface area contributed by atoms with Crippen LogP contribution in [-0.4, -0.2) is 19.6 Å². The van der Waals surface area contributed by atoms with Crippen molar-refractivity contribution in [2.24, 2.45) is 0 Å². The maximum atomic E-state index is 11.5. The number of rotatable bonds is 2. The molecule has 0 aliphatic rings. The lowest BCUT2D eigenvalue weighted by Gasteiger charge is -2.03. The number of carbonyl (C=O) groups excluding carboxylic acids is 1. The minimum atomic E-state index is -0.348. The monoisotopic (exact) mass is 240 g/mol. The topological polar surface area (TPSA) is 67.8 Å². The first-order chi connectivity index (χ1) is 7.27. The van der Waals surface area contributed by atoms with Gasteiger partial charge in [-0.1, -0.05) is 11.6 Å². The molecule has 2 aromatic rings. The molecular formula is C8H5ClN4OS. The molecule has 7 heteroatoms. The van der Waals surface area contributed by atoms with Crippen molar-refractivity contribution in [3.63, 3.8) is 0 Å². The van der Waals surface area contributed by atoms with Crippen molar-refractivity contribution in [2.75, 3.05) is 5.32 Å². The number of hydrogen-bond acceptors (Lipinski definition) is 5. The highest BCUT2D eigenvalue weighted by atomic mass is 35.5. The van der Waals surface area contributed by atoms with Gasteiger partial charge in [-0.05, 0) is 12.1 Å². The maximum absolute atomic E-state index is 11.5. The fourth-order valence-corrected chi connectivity index (χ4v) is 1.51. The van der Waals surface area contributed by atoms with Crippen LogP contribution in [0.1, 0.15) is 10.5 Å². The van der Waals surface area contributed by atoms with Gasteiger partial charge in [0.05, 0.1) is 23.6 Å². The fraction of sp³-hybridized carbons (Fsp3) is 0. The maximum Gasteiger partial charge on any atom is 0.277 e. The Morgan fingerprint density at radius 1 is 1.53 bits per heavy atom. The van der Waals surface area contributed by atoms with Crippen LogP contribution in [0.15, 0.2) is 24.5 Å². The van der Waals surface area contributed by atoms with Gasteiger partial charge in [-0.3, -0.25) is 4.79 Å². The summed E-state index contributed by atoms with van der Waals surface area (Å²) in [5, 5.41) is 2.83. The normalized spacial score (nSPS) is 9.93. The first kappa shape index (κ1) is 10.0. The smallest absolute Gasteiger partial charge is 0.277 e. The summed E-state index contributed by atoms with van der Waals surface area (Å²) in [6.45, 7) is 0. The summed E-state index contributed by atoms with van der Waals surface area (Å²) in [5.41, 5.74) is 0.720. The number of aromatic nitrogens is 3. The third kappa shape index (κ3) is 2.28. The van der Waals surface area contributed by atoms with Crippen LogP contribution in [0.2, 0.25) is 5.15 Å². The number of anilines is 1. The van der Waals surface area contributed by atoms with Crippen molar-refractivity contribution in [3.05, 3.63) is 35.4 Å². The zero-order valence-electron chi connectivity index (χ0n) is 7.35. The molecule has 0 aromatic carbocycles. The second-order valence-electron chi connectivity index (χ2n) is 2.59. The molecule has 0 fully saturated rings. The van der Waals surface area contributed by atoms with Crippen LogP contribution in [-0.2, 0) is 0 Å². The Morgan fingerprint density at radius 2 is 2.40 bits per heavy atom. The first-order valence-corrected chi connectivity index (χ1v) is 5.07. The van der Waals surface area contributed by atoms with Crippen LogP contribution in [0.5, 0.6) is 0 Å². The molecule has 0 radical (unpaired) electrons. The lowest BCUT2D eigenvalue weighted by molar-refractivity contribution is 0.102. The number of nitrogens with zero attached hydrogens (tertiary/aromatic N) is 3. The number of carbonyl (C=O) groups is 1. The van der Waals surface area contributed by atoms with Crippen LogP contribution in [0.4, 0.5) is 5.69 Å². The highest BCUT2D eigenvalue weighted by molar-refractivity contribution is 6.99. The van der Waals surface area contributed by atoms with Crippen LogP contribution < -0.4 is 5.32 Å². The van der Waals surface area contributed by atoms with E-state index in [2.05, 4.69) is 19.0 Å². The van der Waals surface area contributed by atoms with E-state index in [0.29, 0.717) is 5.69 Å². The molecule has 0 saturated heterocycles. The second kappa shape index (κ2) is 4.33. The highest BCUT2D eigenvalue weighted by Gasteiger charge is 2.10. The summed E-state index contributed by atoms with van der Waals surface area (Å²) in [6.07, 6.45) is 2.94. The number of halogens is 1. The minimum absolute atomic E-state index is 0.244. The molecule has 0 aliphatic heterocycles. The van der Waals surface area contributed by atoms with Crippen molar-refractivity contribution < 1.29 is 4.79 Å². The molecule has 5 nitrogen and oxygen atoms in total. The molecule has 0 aliphatic carbocycles. The van der Waals surface area contributed by atoms with Gasteiger partial charge in [0, 0.05) is 6.20 Å². The Hall–Kier alpha value is -1.53. The molecule has 0 bridgehead atoms. The summed E-state index contributed by atoms with van der Waals surface area (Å²) in [4.78, 5) is 15.4. The standard InChI is InChI=1S/C8H5ClN4OS/c9-7-5(2-1-3-10-7)12-8(14)6-4-11-15-13-6/h1-4H,(H,12,14). The second-order valence-corrected chi connectivity index (χ2v) is 3.50. The van der Waals surface area contributed by atoms with E-state index < -0.39 is 0 Å². The van der Waals surface area contributed by atoms with Gasteiger partial charge in [0.25, 0.3) is 5.91 Å². The van der Waals surface area contributed by atoms with Gasteiger partial charge in [-0.25, -0.2) is 4.98 Å². The average molecular weight is 241 g/mol. The molecule has 15 heavy (non-hydrogen) atoms. The fourth-order valence-electron chi connectivity index (χ4n) is 0.930. The number of pyridine rings is 1. The van der Waals surface area contributed by atoms with E-state index in [1.807, 2.05) is 0 Å². The quantitative estimate of drug-likeness (QED) is 0.814. The lowest BCUT2D eigenvalue weighted by Crippen LogP contribution is -2.12. The van der Waals surface area contributed by atoms with Crippen LogP contribution in [0.25, 0.3) is 0 Å². The van der Waals surface area contributed by atoms with Gasteiger partial charge >= 0.3 is 0 Å². The van der Waals surface area contributed by atoms with Gasteiger partial charge in [-0.2, -0.15) is 8.75 Å². The van der Waals surface area contributed by atoms with E-state index in [1.165, 1.54) is 6.20 Å². The zero-order chi connectivity index (χ0) is 10.7. The van der Waals surface area contributed by atoms with Crippen molar-refractivity contribution in [3.8, 4) is 0 Å². The van der Waals surface area contributed by atoms with E-state index in [1.54, 1.807) is 18.3 Å². The van der Waals surface area contributed by atoms with Crippen molar-refractivity contribution in [1.29, 1.82) is 0 Å². The molecule has 1 amide bonds. The first-order valence-electron chi connectivity index (χ1n) is 3.97. The number of hydrogen-bond donors (Lipinski definition) is 1. The van der Waals surface area contributed by atoms with Crippen molar-refractivity contribution in [1.82, 2.24) is 13.7 Å². The SMILES string of the molecule is O=C(Nc1cccnc1Cl)c1cnsn1. The van der Waals surface area contributed by atoms with Gasteiger partial charge in [0.15, 0.2) is 10.8 Å². The summed E-state index contributed by atoms with van der Waals surface area (Å²) in [6, 6.07) is 3.34. The molecule has 1 N–H and O–H groups in total. The van der Waals surface area contributed by atoms with Crippen LogP contribution in [0, 0.1) is 0 Å². The molecule has 0 unspecified atom stereocenters. The predicted molar refractivity (Wildman–Crippen MR) is 57.1 cm³/mol. The molecule has 2 rings (SSSR count). The molecule has 0 atom stereocenters. The Labute approximate surface area is 94.4 Å². The molecule has 2 aromatic heterocycles. The Kier molecular flexibility index (Phi) is 2.89. The summed E-state index contributed by atoms with van der Waals surface area (Å²) < 4.78 is 7.53. The van der Waals surface area contributed by atoms with Crippen molar-refractivity contribution in [2.45, 2.75) is 0 Å². The van der Waals surface area contributed by atoms with E-state index in [4.69, 9.17) is 11.6 Å². The van der Waals surface area contributed by atoms with E-state index in [0.717, 1.165) is 11.7 Å². The van der Waals surface area contributed by atoms with E-state index in [-0.39, 0.29) is 16.8 Å². The van der Waals surface area contributed by atoms with Gasteiger partial charge < -0.3 is 5.32 Å². The lowest BCUT2D eigenvalue weighted by atomic mass is 10.4. The van der Waals surface area contributed by atoms with Crippen LogP contribution >= 0.6 is 23.3 Å². The number of amides is 1. The summed E-state index contributed by atoms with van der Waals surface area (Å²) in [7, 11) is 0. The van der Waals surface area contributed by atoms with E-state index in [9.17, 15) is 4.79 Å². The van der Waals surface area contributed by atoms with Gasteiger partial charge in [-0.15, -0.1) is 0 Å². The Morgan fingerprint density at radius 3 is 3.07 bits per heavy atom. The average Bonchev–Trinajstić information content (AvgIpc) is 2.74. The molecule has 0 saturated carbocycles. The third-order valence-corrected chi connectivity index (χ3v) is 2.38. The minimum Gasteiger partial charge on any atom is -0.318 e. The Balaban J connectivity index is 2.17. The molecule has 2 heterocycles. The Bertz CT molecular complexity index is 473. The van der Waals surface area contributed by atoms with Crippen LogP contribution in [0.3, 0.4) is 0 Å². The predicted octanol–water partition coefficient (Wildman–Crippen LogP) is 1.84. The van der Waals surface area contributed by atoms with Gasteiger partial charge in [0.1, 0.15) is 0 Å². The molecule has 76 valence electrons. The van der Waals surface area contributed by atoms with E-state index >= 15 is 0 Å². The summed E-state index contributed by atoms with van der Waals surface area (Å²) >= 11 is 6.74. The van der Waals surface area contributed by atoms with Gasteiger partial charge in [0.2, 0.25) is 0 Å². The molecular weight excluding hydrogens is 236 g/mol. The number of nitrogens with one attached hydrogen (secondary N) is 1. The molecule has 0 spiro atoms. The summed E-state index contributed by atoms with van der Waals surface area (Å²) in [5.74, 6) is -0.348. The third-order valence-electron chi connectivity index (χ3n) is 1.60.